The molecule has 1 aromatic carbocycles. The van der Waals surface area contributed by atoms with Gasteiger partial charge in [0.05, 0.1) is 6.61 Å². The van der Waals surface area contributed by atoms with Crippen LogP contribution in [0.5, 0.6) is 11.5 Å². The first kappa shape index (κ1) is 12.4. The maximum absolute atomic E-state index is 12.1. The van der Waals surface area contributed by atoms with E-state index in [9.17, 15) is 13.2 Å². The van der Waals surface area contributed by atoms with Gasteiger partial charge in [-0.1, -0.05) is 24.8 Å². The lowest BCUT2D eigenvalue weighted by atomic mass is 10.2. The highest BCUT2D eigenvalue weighted by atomic mass is 19.4. The highest BCUT2D eigenvalue weighted by molar-refractivity contribution is 5.61. The number of benzene rings is 1. The van der Waals surface area contributed by atoms with Crippen molar-refractivity contribution in [3.8, 4) is 11.5 Å². The number of alkyl halides is 3. The maximum atomic E-state index is 12.1. The fraction of sp³-hybridized carbons (Fsp3) is 0.273. The average molecular weight is 232 g/mol. The molecule has 5 heteroatoms. The van der Waals surface area contributed by atoms with Gasteiger partial charge in [-0.25, -0.2) is 0 Å². The zero-order valence-corrected chi connectivity index (χ0v) is 8.67. The van der Waals surface area contributed by atoms with E-state index in [1.54, 1.807) is 13.0 Å². The smallest absolute Gasteiger partial charge is 0.489 e. The first-order valence-corrected chi connectivity index (χ1v) is 4.62. The van der Waals surface area contributed by atoms with Crippen LogP contribution in [-0.2, 0) is 0 Å². The molecule has 16 heavy (non-hydrogen) atoms. The van der Waals surface area contributed by atoms with Crippen LogP contribution in [0.4, 0.5) is 13.2 Å². The Morgan fingerprint density at radius 3 is 2.56 bits per heavy atom. The van der Waals surface area contributed by atoms with Gasteiger partial charge in [0.15, 0.2) is 11.5 Å². The molecule has 0 saturated carbocycles. The van der Waals surface area contributed by atoms with Gasteiger partial charge in [-0.2, -0.15) is 0 Å². The fourth-order valence-corrected chi connectivity index (χ4v) is 1.20. The van der Waals surface area contributed by atoms with E-state index in [1.165, 1.54) is 18.2 Å². The molecule has 88 valence electrons. The van der Waals surface area contributed by atoms with E-state index >= 15 is 0 Å². The van der Waals surface area contributed by atoms with Crippen molar-refractivity contribution in [3.05, 3.63) is 30.3 Å². The lowest BCUT2D eigenvalue weighted by Gasteiger charge is -2.15. The van der Waals surface area contributed by atoms with E-state index < -0.39 is 6.36 Å². The van der Waals surface area contributed by atoms with Crippen molar-refractivity contribution in [3.63, 3.8) is 0 Å². The molecule has 0 radical (unpaired) electrons. The molecule has 0 fully saturated rings. The third-order valence-corrected chi connectivity index (χ3v) is 1.74. The van der Waals surface area contributed by atoms with Gasteiger partial charge in [0, 0.05) is 5.56 Å². The van der Waals surface area contributed by atoms with Crippen LogP contribution < -0.4 is 9.47 Å². The molecule has 0 aliphatic carbocycles. The third-order valence-electron chi connectivity index (χ3n) is 1.74. The van der Waals surface area contributed by atoms with Gasteiger partial charge in [-0.3, -0.25) is 0 Å². The zero-order valence-electron chi connectivity index (χ0n) is 8.67. The van der Waals surface area contributed by atoms with Crippen LogP contribution in [0.15, 0.2) is 24.8 Å². The second-order valence-corrected chi connectivity index (χ2v) is 2.86. The Balaban J connectivity index is 3.11. The van der Waals surface area contributed by atoms with Crippen molar-refractivity contribution in [2.75, 3.05) is 6.61 Å². The van der Waals surface area contributed by atoms with Gasteiger partial charge in [0.25, 0.3) is 0 Å². The summed E-state index contributed by atoms with van der Waals surface area (Å²) in [5, 5.41) is 0. The molecular weight excluding hydrogens is 221 g/mol. The monoisotopic (exact) mass is 232 g/mol. The van der Waals surface area contributed by atoms with Crippen LogP contribution in [0.1, 0.15) is 12.5 Å². The Hall–Kier alpha value is -1.65. The summed E-state index contributed by atoms with van der Waals surface area (Å²) in [4.78, 5) is 0. The SMILES string of the molecule is C=Cc1cccc(OC(F)(F)F)c1OCC. The largest absolute Gasteiger partial charge is 0.573 e. The summed E-state index contributed by atoms with van der Waals surface area (Å²) < 4.78 is 45.2. The van der Waals surface area contributed by atoms with Crippen LogP contribution in [0.2, 0.25) is 0 Å². The predicted octanol–water partition coefficient (Wildman–Crippen LogP) is 3.63. The fourth-order valence-electron chi connectivity index (χ4n) is 1.20. The van der Waals surface area contributed by atoms with Gasteiger partial charge in [0.1, 0.15) is 0 Å². The van der Waals surface area contributed by atoms with Gasteiger partial charge in [-0.05, 0) is 13.0 Å². The molecule has 0 aliphatic rings. The summed E-state index contributed by atoms with van der Waals surface area (Å²) in [5.74, 6) is -0.302. The van der Waals surface area contributed by atoms with E-state index in [0.717, 1.165) is 0 Å². The predicted molar refractivity (Wildman–Crippen MR) is 54.4 cm³/mol. The number of ether oxygens (including phenoxy) is 2. The number of hydrogen-bond donors (Lipinski definition) is 0. The molecule has 0 spiro atoms. The first-order chi connectivity index (χ1) is 7.48. The molecule has 0 bridgehead atoms. The van der Waals surface area contributed by atoms with Crippen molar-refractivity contribution in [2.24, 2.45) is 0 Å². The number of para-hydroxylation sites is 1. The minimum atomic E-state index is -4.73. The minimum absolute atomic E-state index is 0.0531. The first-order valence-electron chi connectivity index (χ1n) is 4.62. The molecule has 1 rings (SSSR count). The van der Waals surface area contributed by atoms with E-state index in [1.807, 2.05) is 0 Å². The molecule has 0 aliphatic heterocycles. The summed E-state index contributed by atoms with van der Waals surface area (Å²) in [6, 6.07) is 4.24. The standard InChI is InChI=1S/C11H11F3O2/c1-3-8-6-5-7-9(10(8)15-4-2)16-11(12,13)14/h3,5-7H,1,4H2,2H3. The normalized spacial score (nSPS) is 11.0. The highest BCUT2D eigenvalue weighted by Gasteiger charge is 2.32. The molecule has 0 amide bonds. The van der Waals surface area contributed by atoms with Gasteiger partial charge >= 0.3 is 6.36 Å². The maximum Gasteiger partial charge on any atom is 0.573 e. The van der Waals surface area contributed by atoms with E-state index in [-0.39, 0.29) is 18.1 Å². The molecule has 1 aromatic rings. The van der Waals surface area contributed by atoms with Crippen molar-refractivity contribution in [1.82, 2.24) is 0 Å². The summed E-state index contributed by atoms with van der Waals surface area (Å²) >= 11 is 0. The average Bonchev–Trinajstić information content (AvgIpc) is 2.18. The van der Waals surface area contributed by atoms with E-state index in [4.69, 9.17) is 4.74 Å². The number of halogens is 3. The molecule has 0 heterocycles. The molecule has 2 nitrogen and oxygen atoms in total. The van der Waals surface area contributed by atoms with Gasteiger partial charge in [-0.15, -0.1) is 13.2 Å². The molecular formula is C11H11F3O2. The molecule has 0 saturated heterocycles. The Morgan fingerprint density at radius 1 is 1.38 bits per heavy atom. The molecule has 0 aromatic heterocycles. The van der Waals surface area contributed by atoms with Crippen molar-refractivity contribution >= 4 is 6.08 Å². The molecule has 0 N–H and O–H groups in total. The number of rotatable bonds is 4. The van der Waals surface area contributed by atoms with Crippen LogP contribution >= 0.6 is 0 Å². The van der Waals surface area contributed by atoms with Crippen LogP contribution in [0.3, 0.4) is 0 Å². The van der Waals surface area contributed by atoms with Crippen LogP contribution in [0.25, 0.3) is 6.08 Å². The summed E-state index contributed by atoms with van der Waals surface area (Å²) in [7, 11) is 0. The number of hydrogen-bond acceptors (Lipinski definition) is 2. The third kappa shape index (κ3) is 3.18. The van der Waals surface area contributed by atoms with Crippen molar-refractivity contribution in [1.29, 1.82) is 0 Å². The molecule has 0 atom stereocenters. The lowest BCUT2D eigenvalue weighted by Crippen LogP contribution is -2.18. The summed E-state index contributed by atoms with van der Waals surface area (Å²) in [5.41, 5.74) is 0.462. The Bertz CT molecular complexity index is 372. The molecule has 0 unspecified atom stereocenters. The van der Waals surface area contributed by atoms with Crippen molar-refractivity contribution < 1.29 is 22.6 Å². The zero-order chi connectivity index (χ0) is 12.2. The van der Waals surface area contributed by atoms with Gasteiger partial charge < -0.3 is 9.47 Å². The minimum Gasteiger partial charge on any atom is -0.489 e. The second kappa shape index (κ2) is 4.92. The van der Waals surface area contributed by atoms with Crippen LogP contribution in [-0.4, -0.2) is 13.0 Å². The Labute approximate surface area is 91.3 Å². The van der Waals surface area contributed by atoms with E-state index in [0.29, 0.717) is 5.56 Å². The lowest BCUT2D eigenvalue weighted by molar-refractivity contribution is -0.275. The van der Waals surface area contributed by atoms with Gasteiger partial charge in [0.2, 0.25) is 0 Å². The highest BCUT2D eigenvalue weighted by Crippen LogP contribution is 2.35. The van der Waals surface area contributed by atoms with Crippen molar-refractivity contribution in [2.45, 2.75) is 13.3 Å². The Kier molecular flexibility index (Phi) is 3.82. The van der Waals surface area contributed by atoms with E-state index in [2.05, 4.69) is 11.3 Å². The summed E-state index contributed by atoms with van der Waals surface area (Å²) in [6.07, 6.45) is -3.32. The second-order valence-electron chi connectivity index (χ2n) is 2.86. The topological polar surface area (TPSA) is 18.5 Å². The quantitative estimate of drug-likeness (QED) is 0.789. The van der Waals surface area contributed by atoms with Crippen LogP contribution in [0, 0.1) is 0 Å². The Morgan fingerprint density at radius 2 is 2.06 bits per heavy atom. The summed E-state index contributed by atoms with van der Waals surface area (Å²) in [6.45, 7) is 5.42.